The molecule has 2 heteroatoms. The van der Waals surface area contributed by atoms with Crippen LogP contribution in [-0.2, 0) is 0 Å². The van der Waals surface area contributed by atoms with Gasteiger partial charge >= 0.3 is 0 Å². The molecular weight excluding hydrogens is 395 g/mol. The molecule has 0 unspecified atom stereocenters. The Morgan fingerprint density at radius 1 is 0.682 bits per heavy atom. The lowest BCUT2D eigenvalue weighted by atomic mass is 10.1. The molecule has 0 aromatic heterocycles. The molecule has 2 aromatic rings. The normalized spacial score (nSPS) is 11.5. The summed E-state index contributed by atoms with van der Waals surface area (Å²) in [5.41, 5.74) is -1.60. The zero-order valence-electron chi connectivity index (χ0n) is 13.6. The van der Waals surface area contributed by atoms with Crippen LogP contribution in [0, 0.1) is 0 Å². The van der Waals surface area contributed by atoms with Crippen LogP contribution in [0.4, 0.5) is 0 Å². The Hall–Kier alpha value is -0.613. The second-order valence-electron chi connectivity index (χ2n) is 6.05. The lowest BCUT2D eigenvalue weighted by molar-refractivity contribution is 0.623. The van der Waals surface area contributed by atoms with Gasteiger partial charge in [0.25, 0.3) is 0 Å². The van der Waals surface area contributed by atoms with E-state index in [2.05, 4.69) is 89.4 Å². The van der Waals surface area contributed by atoms with Crippen LogP contribution in [0.3, 0.4) is 0 Å². The molecule has 0 nitrogen and oxygen atoms in total. The van der Waals surface area contributed by atoms with Gasteiger partial charge in [-0.05, 0) is 16.4 Å². The standard InChI is InChI=1S/C20H27ISi/c1-2-3-4-5-6-13-18-22(21,19-14-9-7-10-15-19)20-16-11-8-12-17-20/h7-12,14-17H,2-6,13,18H2,1H3. The summed E-state index contributed by atoms with van der Waals surface area (Å²) in [7, 11) is 0. The first kappa shape index (κ1) is 17.7. The molecule has 0 spiro atoms. The van der Waals surface area contributed by atoms with Gasteiger partial charge < -0.3 is 0 Å². The molecule has 0 aliphatic carbocycles. The smallest absolute Gasteiger partial charge is 0.106 e. The Kier molecular flexibility index (Phi) is 7.67. The Morgan fingerprint density at radius 2 is 1.14 bits per heavy atom. The van der Waals surface area contributed by atoms with Crippen LogP contribution in [0.5, 0.6) is 0 Å². The van der Waals surface area contributed by atoms with E-state index in [-0.39, 0.29) is 0 Å². The molecule has 0 atom stereocenters. The third-order valence-electron chi connectivity index (χ3n) is 4.34. The minimum Gasteiger partial charge on any atom is -0.106 e. The number of hydrogen-bond donors (Lipinski definition) is 0. The SMILES string of the molecule is CCCCCCCC[Si](I)(c1ccccc1)c1ccccc1. The maximum absolute atomic E-state index is 2.81. The molecule has 0 saturated carbocycles. The number of rotatable bonds is 9. The predicted molar refractivity (Wildman–Crippen MR) is 110 cm³/mol. The first-order valence-corrected chi connectivity index (χ1v) is 13.9. The van der Waals surface area contributed by atoms with Crippen molar-refractivity contribution in [3.63, 3.8) is 0 Å². The van der Waals surface area contributed by atoms with E-state index in [0.717, 1.165) is 0 Å². The Labute approximate surface area is 149 Å². The van der Waals surface area contributed by atoms with Crippen LogP contribution in [0.25, 0.3) is 0 Å². The summed E-state index contributed by atoms with van der Waals surface area (Å²) < 4.78 is 0. The first-order chi connectivity index (χ1) is 10.8. The lowest BCUT2D eigenvalue weighted by Gasteiger charge is -2.26. The monoisotopic (exact) mass is 422 g/mol. The molecule has 0 fully saturated rings. The van der Waals surface area contributed by atoms with Gasteiger partial charge in [-0.1, -0.05) is 106 Å². The molecule has 0 radical (unpaired) electrons. The van der Waals surface area contributed by atoms with Gasteiger partial charge in [-0.15, -0.1) is 21.8 Å². The molecule has 0 saturated heterocycles. The van der Waals surface area contributed by atoms with Crippen LogP contribution < -0.4 is 10.4 Å². The van der Waals surface area contributed by atoms with Gasteiger partial charge in [0, 0.05) is 0 Å². The van der Waals surface area contributed by atoms with E-state index in [1.165, 1.54) is 44.6 Å². The van der Waals surface area contributed by atoms with Gasteiger partial charge in [-0.2, -0.15) is 0 Å². The van der Waals surface area contributed by atoms with Gasteiger partial charge in [0.1, 0.15) is 0 Å². The Morgan fingerprint density at radius 3 is 1.64 bits per heavy atom. The summed E-state index contributed by atoms with van der Waals surface area (Å²) >= 11 is 2.81. The fourth-order valence-corrected chi connectivity index (χ4v) is 9.40. The van der Waals surface area contributed by atoms with E-state index < -0.39 is 5.57 Å². The molecule has 2 rings (SSSR count). The van der Waals surface area contributed by atoms with Crippen molar-refractivity contribution in [3.05, 3.63) is 60.7 Å². The minimum atomic E-state index is -1.60. The van der Waals surface area contributed by atoms with Crippen molar-refractivity contribution in [3.8, 4) is 0 Å². The minimum absolute atomic E-state index is 1.33. The number of unbranched alkanes of at least 4 members (excludes halogenated alkanes) is 5. The maximum Gasteiger partial charge on any atom is 0.186 e. The van der Waals surface area contributed by atoms with Crippen molar-refractivity contribution in [1.29, 1.82) is 0 Å². The topological polar surface area (TPSA) is 0 Å². The number of benzene rings is 2. The van der Waals surface area contributed by atoms with Gasteiger partial charge in [0.2, 0.25) is 0 Å². The van der Waals surface area contributed by atoms with E-state index in [1.807, 2.05) is 0 Å². The summed E-state index contributed by atoms with van der Waals surface area (Å²) in [4.78, 5) is 0. The Bertz CT molecular complexity index is 484. The van der Waals surface area contributed by atoms with E-state index in [9.17, 15) is 0 Å². The highest BCUT2D eigenvalue weighted by Gasteiger charge is 2.33. The summed E-state index contributed by atoms with van der Waals surface area (Å²) in [6.07, 6.45) is 8.28. The van der Waals surface area contributed by atoms with Crippen molar-refractivity contribution >= 4 is 37.7 Å². The molecule has 0 aliphatic rings. The summed E-state index contributed by atoms with van der Waals surface area (Å²) in [6.45, 7) is 2.29. The lowest BCUT2D eigenvalue weighted by Crippen LogP contribution is -2.52. The fraction of sp³-hybridized carbons (Fsp3) is 0.400. The molecule has 0 heterocycles. The van der Waals surface area contributed by atoms with Gasteiger partial charge in [-0.25, -0.2) is 0 Å². The summed E-state index contributed by atoms with van der Waals surface area (Å²) in [5, 5.41) is 3.13. The molecular formula is C20H27ISi. The van der Waals surface area contributed by atoms with Crippen LogP contribution in [0.2, 0.25) is 6.04 Å². The molecule has 0 bridgehead atoms. The van der Waals surface area contributed by atoms with E-state index in [0.29, 0.717) is 0 Å². The summed E-state index contributed by atoms with van der Waals surface area (Å²) in [6, 6.07) is 23.7. The first-order valence-electron chi connectivity index (χ1n) is 8.57. The van der Waals surface area contributed by atoms with Crippen LogP contribution in [0.15, 0.2) is 60.7 Å². The van der Waals surface area contributed by atoms with Crippen molar-refractivity contribution in [2.45, 2.75) is 51.5 Å². The second kappa shape index (κ2) is 9.51. The van der Waals surface area contributed by atoms with E-state index >= 15 is 0 Å². The van der Waals surface area contributed by atoms with Crippen molar-refractivity contribution in [1.82, 2.24) is 0 Å². The molecule has 0 amide bonds. The molecule has 0 aliphatic heterocycles. The van der Waals surface area contributed by atoms with Gasteiger partial charge in [-0.3, -0.25) is 0 Å². The fourth-order valence-electron chi connectivity index (χ4n) is 3.01. The van der Waals surface area contributed by atoms with E-state index in [4.69, 9.17) is 0 Å². The third kappa shape index (κ3) is 4.95. The number of halogens is 1. The average molecular weight is 422 g/mol. The zero-order valence-corrected chi connectivity index (χ0v) is 16.8. The van der Waals surface area contributed by atoms with Crippen LogP contribution >= 0.6 is 21.8 Å². The van der Waals surface area contributed by atoms with Crippen LogP contribution in [-0.4, -0.2) is 5.57 Å². The van der Waals surface area contributed by atoms with Crippen molar-refractivity contribution in [2.24, 2.45) is 0 Å². The predicted octanol–water partition coefficient (Wildman–Crippen LogP) is 5.54. The highest BCUT2D eigenvalue weighted by Crippen LogP contribution is 2.23. The quantitative estimate of drug-likeness (QED) is 0.215. The van der Waals surface area contributed by atoms with Gasteiger partial charge in [0.05, 0.1) is 0 Å². The van der Waals surface area contributed by atoms with Crippen LogP contribution in [0.1, 0.15) is 45.4 Å². The number of hydrogen-bond acceptors (Lipinski definition) is 0. The third-order valence-corrected chi connectivity index (χ3v) is 13.2. The molecule has 22 heavy (non-hydrogen) atoms. The highest BCUT2D eigenvalue weighted by molar-refractivity contribution is 14.1. The van der Waals surface area contributed by atoms with Crippen molar-refractivity contribution in [2.75, 3.05) is 0 Å². The average Bonchev–Trinajstić information content (AvgIpc) is 2.59. The van der Waals surface area contributed by atoms with Gasteiger partial charge in [0.15, 0.2) is 5.57 Å². The largest absolute Gasteiger partial charge is 0.186 e. The van der Waals surface area contributed by atoms with Crippen molar-refractivity contribution < 1.29 is 0 Å². The second-order valence-corrected chi connectivity index (χ2v) is 14.8. The Balaban J connectivity index is 2.07. The highest BCUT2D eigenvalue weighted by atomic mass is 127. The molecule has 0 N–H and O–H groups in total. The molecule has 2 aromatic carbocycles. The van der Waals surface area contributed by atoms with E-state index in [1.54, 1.807) is 10.4 Å². The maximum atomic E-state index is 2.81. The summed E-state index contributed by atoms with van der Waals surface area (Å²) in [5.74, 6) is 0. The molecule has 118 valence electrons. The zero-order chi connectivity index (χ0) is 15.7.